The molecule has 0 radical (unpaired) electrons. The van der Waals surface area contributed by atoms with E-state index in [4.69, 9.17) is 11.6 Å². The van der Waals surface area contributed by atoms with Gasteiger partial charge in [-0.25, -0.2) is 4.98 Å². The number of aryl methyl sites for hydroxylation is 1. The lowest BCUT2D eigenvalue weighted by atomic mass is 9.98. The van der Waals surface area contributed by atoms with Crippen molar-refractivity contribution in [1.29, 1.82) is 0 Å². The minimum Gasteiger partial charge on any atom is -0.300 e. The van der Waals surface area contributed by atoms with Crippen molar-refractivity contribution in [1.82, 2.24) is 9.88 Å². The molecule has 0 amide bonds. The normalized spacial score (nSPS) is 20.4. The summed E-state index contributed by atoms with van der Waals surface area (Å²) < 4.78 is 0. The maximum Gasteiger partial charge on any atom is 0.0928 e. The van der Waals surface area contributed by atoms with Crippen LogP contribution in [0.2, 0.25) is 0 Å². The molecule has 1 saturated heterocycles. The van der Waals surface area contributed by atoms with Crippen LogP contribution in [-0.2, 0) is 12.3 Å². The summed E-state index contributed by atoms with van der Waals surface area (Å²) in [6, 6.07) is 0.858. The number of rotatable bonds is 8. The lowest BCUT2D eigenvalue weighted by Crippen LogP contribution is -2.39. The van der Waals surface area contributed by atoms with E-state index in [2.05, 4.69) is 22.2 Å². The Balaban J connectivity index is 1.66. The van der Waals surface area contributed by atoms with Crippen LogP contribution < -0.4 is 0 Å². The molecule has 2 heterocycles. The summed E-state index contributed by atoms with van der Waals surface area (Å²) in [6.45, 7) is 4.90. The third-order valence-corrected chi connectivity index (χ3v) is 5.42. The molecule has 0 bridgehead atoms. The zero-order valence-corrected chi connectivity index (χ0v) is 14.2. The topological polar surface area (TPSA) is 16.1 Å². The Labute approximate surface area is 132 Å². The molecule has 1 aliphatic rings. The maximum atomic E-state index is 5.79. The summed E-state index contributed by atoms with van der Waals surface area (Å²) in [7, 11) is 0. The van der Waals surface area contributed by atoms with E-state index in [1.807, 2.05) is 0 Å². The van der Waals surface area contributed by atoms with Gasteiger partial charge in [0.25, 0.3) is 0 Å². The molecule has 2 rings (SSSR count). The standard InChI is InChI=1S/C16H27ClN2S/c1-2-7-15-8-3-5-10-19(15)11-6-4-9-16-18-14(12-17)13-20-16/h13,15H,2-12H2,1H3. The largest absolute Gasteiger partial charge is 0.300 e. The van der Waals surface area contributed by atoms with Crippen molar-refractivity contribution in [2.24, 2.45) is 0 Å². The molecule has 0 spiro atoms. The molecule has 1 aromatic heterocycles. The van der Waals surface area contributed by atoms with Crippen LogP contribution in [0.25, 0.3) is 0 Å². The Morgan fingerprint density at radius 2 is 2.30 bits per heavy atom. The van der Waals surface area contributed by atoms with E-state index in [0.717, 1.165) is 18.2 Å². The number of aromatic nitrogens is 1. The molecule has 1 fully saturated rings. The highest BCUT2D eigenvalue weighted by atomic mass is 35.5. The van der Waals surface area contributed by atoms with Gasteiger partial charge in [0.2, 0.25) is 0 Å². The van der Waals surface area contributed by atoms with Crippen molar-refractivity contribution in [2.45, 2.75) is 70.2 Å². The van der Waals surface area contributed by atoms with Gasteiger partial charge in [-0.1, -0.05) is 19.8 Å². The zero-order valence-electron chi connectivity index (χ0n) is 12.6. The van der Waals surface area contributed by atoms with Gasteiger partial charge in [-0.15, -0.1) is 22.9 Å². The van der Waals surface area contributed by atoms with E-state index in [9.17, 15) is 0 Å². The fraction of sp³-hybridized carbons (Fsp3) is 0.812. The second-order valence-electron chi connectivity index (χ2n) is 5.80. The van der Waals surface area contributed by atoms with Crippen LogP contribution >= 0.6 is 22.9 Å². The van der Waals surface area contributed by atoms with E-state index < -0.39 is 0 Å². The fourth-order valence-electron chi connectivity index (χ4n) is 3.13. The molecule has 2 nitrogen and oxygen atoms in total. The van der Waals surface area contributed by atoms with Crippen molar-refractivity contribution in [2.75, 3.05) is 13.1 Å². The molecule has 0 aromatic carbocycles. The molecule has 1 atom stereocenters. The van der Waals surface area contributed by atoms with E-state index >= 15 is 0 Å². The average molecular weight is 315 g/mol. The average Bonchev–Trinajstić information content (AvgIpc) is 2.93. The summed E-state index contributed by atoms with van der Waals surface area (Å²) in [6.07, 6.45) is 10.6. The monoisotopic (exact) mass is 314 g/mol. The first kappa shape index (κ1) is 16.3. The second-order valence-corrected chi connectivity index (χ2v) is 7.01. The minimum atomic E-state index is 0.545. The third-order valence-electron chi connectivity index (χ3n) is 4.19. The lowest BCUT2D eigenvalue weighted by molar-refractivity contribution is 0.137. The number of hydrogen-bond acceptors (Lipinski definition) is 3. The lowest BCUT2D eigenvalue weighted by Gasteiger charge is -2.35. The molecule has 0 N–H and O–H groups in total. The maximum absolute atomic E-state index is 5.79. The molecule has 4 heteroatoms. The van der Waals surface area contributed by atoms with Gasteiger partial charge in [-0.05, 0) is 51.6 Å². The van der Waals surface area contributed by atoms with E-state index in [1.54, 1.807) is 11.3 Å². The summed E-state index contributed by atoms with van der Waals surface area (Å²) in [5.41, 5.74) is 1.03. The van der Waals surface area contributed by atoms with Crippen molar-refractivity contribution < 1.29 is 0 Å². The van der Waals surface area contributed by atoms with E-state index in [-0.39, 0.29) is 0 Å². The minimum absolute atomic E-state index is 0.545. The second kappa shape index (κ2) is 9.01. The first-order valence-electron chi connectivity index (χ1n) is 8.06. The number of hydrogen-bond donors (Lipinski definition) is 0. The van der Waals surface area contributed by atoms with Gasteiger partial charge in [0.15, 0.2) is 0 Å². The van der Waals surface area contributed by atoms with Gasteiger partial charge >= 0.3 is 0 Å². The Bertz CT molecular complexity index is 378. The van der Waals surface area contributed by atoms with Crippen LogP contribution in [0.1, 0.15) is 62.6 Å². The van der Waals surface area contributed by atoms with E-state index in [1.165, 1.54) is 63.0 Å². The Morgan fingerprint density at radius 1 is 1.40 bits per heavy atom. The predicted molar refractivity (Wildman–Crippen MR) is 88.7 cm³/mol. The summed E-state index contributed by atoms with van der Waals surface area (Å²) in [5, 5.41) is 3.34. The number of halogens is 1. The van der Waals surface area contributed by atoms with Gasteiger partial charge in [0.1, 0.15) is 0 Å². The molecular formula is C16H27ClN2S. The SMILES string of the molecule is CCCC1CCCCN1CCCCc1nc(CCl)cs1. The molecule has 1 aliphatic heterocycles. The fourth-order valence-corrected chi connectivity index (χ4v) is 4.20. The zero-order chi connectivity index (χ0) is 14.2. The first-order valence-corrected chi connectivity index (χ1v) is 9.48. The van der Waals surface area contributed by atoms with Crippen molar-refractivity contribution >= 4 is 22.9 Å². The molecule has 0 saturated carbocycles. The number of alkyl halides is 1. The number of unbranched alkanes of at least 4 members (excludes halogenated alkanes) is 1. The van der Waals surface area contributed by atoms with Crippen LogP contribution in [0.5, 0.6) is 0 Å². The molecule has 1 aromatic rings. The van der Waals surface area contributed by atoms with Crippen molar-refractivity contribution in [3.63, 3.8) is 0 Å². The Kier molecular flexibility index (Phi) is 7.32. The smallest absolute Gasteiger partial charge is 0.0928 e. The quantitative estimate of drug-likeness (QED) is 0.503. The van der Waals surface area contributed by atoms with Crippen LogP contribution in [0.15, 0.2) is 5.38 Å². The first-order chi connectivity index (χ1) is 9.83. The van der Waals surface area contributed by atoms with Gasteiger partial charge < -0.3 is 4.90 Å². The summed E-state index contributed by atoms with van der Waals surface area (Å²) in [4.78, 5) is 7.27. The molecule has 114 valence electrons. The van der Waals surface area contributed by atoms with Gasteiger partial charge in [-0.3, -0.25) is 0 Å². The number of thiazole rings is 1. The van der Waals surface area contributed by atoms with Crippen molar-refractivity contribution in [3.05, 3.63) is 16.1 Å². The molecule has 20 heavy (non-hydrogen) atoms. The van der Waals surface area contributed by atoms with Gasteiger partial charge in [-0.2, -0.15) is 0 Å². The highest BCUT2D eigenvalue weighted by Gasteiger charge is 2.20. The summed E-state index contributed by atoms with van der Waals surface area (Å²) >= 11 is 7.55. The number of piperidine rings is 1. The van der Waals surface area contributed by atoms with Gasteiger partial charge in [0.05, 0.1) is 16.6 Å². The highest BCUT2D eigenvalue weighted by molar-refractivity contribution is 7.09. The summed E-state index contributed by atoms with van der Waals surface area (Å²) in [5.74, 6) is 0.545. The Morgan fingerprint density at radius 3 is 3.05 bits per heavy atom. The van der Waals surface area contributed by atoms with Crippen LogP contribution in [-0.4, -0.2) is 29.0 Å². The van der Waals surface area contributed by atoms with Crippen molar-refractivity contribution in [3.8, 4) is 0 Å². The molecular weight excluding hydrogens is 288 g/mol. The third kappa shape index (κ3) is 5.01. The number of likely N-dealkylation sites (tertiary alicyclic amines) is 1. The highest BCUT2D eigenvalue weighted by Crippen LogP contribution is 2.21. The van der Waals surface area contributed by atoms with Crippen LogP contribution in [0.4, 0.5) is 0 Å². The van der Waals surface area contributed by atoms with E-state index in [0.29, 0.717) is 5.88 Å². The van der Waals surface area contributed by atoms with Crippen LogP contribution in [0.3, 0.4) is 0 Å². The van der Waals surface area contributed by atoms with Crippen LogP contribution in [0, 0.1) is 0 Å². The predicted octanol–water partition coefficient (Wildman–Crippen LogP) is 4.86. The number of nitrogens with zero attached hydrogens (tertiary/aromatic N) is 2. The Hall–Kier alpha value is -0.120. The molecule has 1 unspecified atom stereocenters. The molecule has 0 aliphatic carbocycles. The van der Waals surface area contributed by atoms with Gasteiger partial charge in [0, 0.05) is 11.4 Å².